The first kappa shape index (κ1) is 22.8. The fourth-order valence-corrected chi connectivity index (χ4v) is 6.75. The Bertz CT molecular complexity index is 329. The number of hydrogen-bond acceptors (Lipinski definition) is 5. The van der Waals surface area contributed by atoms with E-state index in [0.717, 1.165) is 45.2 Å². The van der Waals surface area contributed by atoms with E-state index in [1.165, 1.54) is 7.11 Å². The summed E-state index contributed by atoms with van der Waals surface area (Å²) in [7, 11) is -1.96. The van der Waals surface area contributed by atoms with Gasteiger partial charge in [0.25, 0.3) is 0 Å². The zero-order valence-corrected chi connectivity index (χ0v) is 18.2. The highest BCUT2D eigenvalue weighted by atomic mass is 28.4. The Morgan fingerprint density at radius 1 is 0.957 bits per heavy atom. The third-order valence-electron chi connectivity index (χ3n) is 3.97. The van der Waals surface area contributed by atoms with Gasteiger partial charge in [-0.25, -0.2) is 0 Å². The van der Waals surface area contributed by atoms with Gasteiger partial charge in [-0.05, 0) is 39.4 Å². The van der Waals surface area contributed by atoms with Crippen LogP contribution in [0.1, 0.15) is 33.1 Å². The summed E-state index contributed by atoms with van der Waals surface area (Å²) < 4.78 is 19.0. The Balaban J connectivity index is 4.32. The molecule has 0 amide bonds. The lowest BCUT2D eigenvalue weighted by Crippen LogP contribution is -2.47. The number of ether oxygens (including phenoxy) is 1. The average Bonchev–Trinajstić information content (AvgIpc) is 2.45. The molecule has 0 aliphatic heterocycles. The molecule has 0 radical (unpaired) electrons. The van der Waals surface area contributed by atoms with Crippen molar-refractivity contribution in [3.05, 3.63) is 0 Å². The molecule has 0 saturated carbocycles. The average molecular weight is 364 g/mol. The van der Waals surface area contributed by atoms with Crippen molar-refractivity contribution in [1.29, 1.82) is 0 Å². The number of hydrogen-bond donors (Lipinski definition) is 0. The summed E-state index contributed by atoms with van der Waals surface area (Å²) in [5.41, 5.74) is 0. The molecule has 0 aromatic carbocycles. The lowest BCUT2D eigenvalue weighted by Gasteiger charge is -2.34. The third kappa shape index (κ3) is 10.3. The zero-order chi connectivity index (χ0) is 17.9. The molecule has 138 valence electrons. The van der Waals surface area contributed by atoms with Gasteiger partial charge in [-0.2, -0.15) is 0 Å². The number of carbonyl (C=O) groups excluding carboxylic acids is 1. The van der Waals surface area contributed by atoms with Crippen LogP contribution in [0, 0.1) is 0 Å². The Kier molecular flexibility index (Phi) is 11.3. The van der Waals surface area contributed by atoms with Crippen molar-refractivity contribution in [3.63, 3.8) is 0 Å². The van der Waals surface area contributed by atoms with E-state index in [-0.39, 0.29) is 5.97 Å². The highest BCUT2D eigenvalue weighted by Gasteiger charge is 2.30. The molecule has 0 aliphatic rings. The topological polar surface area (TPSA) is 48.0 Å². The Morgan fingerprint density at radius 3 is 1.96 bits per heavy atom. The smallest absolute Gasteiger partial charge is 0.334 e. The number of carbonyl (C=O) groups is 1. The molecule has 23 heavy (non-hydrogen) atoms. The van der Waals surface area contributed by atoms with Gasteiger partial charge in [0.1, 0.15) is 8.24 Å². The minimum atomic E-state index is -1.99. The molecule has 0 fully saturated rings. The van der Waals surface area contributed by atoms with Gasteiger partial charge in [-0.3, -0.25) is 4.79 Å². The molecule has 0 saturated heterocycles. The molecule has 0 unspecified atom stereocenters. The van der Waals surface area contributed by atoms with Gasteiger partial charge in [0.2, 0.25) is 0 Å². The lowest BCUT2D eigenvalue weighted by molar-refractivity contribution is -0.140. The molecular weight excluding hydrogens is 326 g/mol. The number of unbranched alkanes of at least 4 members (excludes halogenated alkanes) is 1. The van der Waals surface area contributed by atoms with Gasteiger partial charge in [-0.1, -0.05) is 26.1 Å². The van der Waals surface area contributed by atoms with Crippen molar-refractivity contribution < 1.29 is 18.4 Å². The Hall–Kier alpha value is -0.216. The molecule has 0 heterocycles. The van der Waals surface area contributed by atoms with E-state index in [9.17, 15) is 4.79 Å². The van der Waals surface area contributed by atoms with E-state index in [1.807, 2.05) is 13.8 Å². The molecule has 0 aromatic heterocycles. The number of nitrogens with zero attached hydrogens (tertiary/aromatic N) is 1. The standard InChI is InChI=1S/C16H37NO4Si2/c1-8-20-23(7,21-9-2)15-11-10-13-17(22(4,5)6)14-12-16(18)19-3/h8-15H2,1-7H3. The number of methoxy groups -OCH3 is 1. The quantitative estimate of drug-likeness (QED) is 0.284. The molecule has 0 rings (SSSR count). The van der Waals surface area contributed by atoms with Crippen LogP contribution in [0.15, 0.2) is 0 Å². The summed E-state index contributed by atoms with van der Waals surface area (Å²) in [5.74, 6) is -0.124. The molecule has 7 heteroatoms. The highest BCUT2D eigenvalue weighted by Crippen LogP contribution is 2.19. The maximum atomic E-state index is 11.4. The summed E-state index contributed by atoms with van der Waals surface area (Å²) in [6, 6.07) is 1.03. The molecule has 0 bridgehead atoms. The first-order valence-corrected chi connectivity index (χ1v) is 14.8. The van der Waals surface area contributed by atoms with E-state index in [2.05, 4.69) is 30.8 Å². The number of esters is 1. The van der Waals surface area contributed by atoms with Gasteiger partial charge in [0.15, 0.2) is 0 Å². The summed E-state index contributed by atoms with van der Waals surface area (Å²) in [4.78, 5) is 11.4. The van der Waals surface area contributed by atoms with E-state index in [0.29, 0.717) is 6.42 Å². The van der Waals surface area contributed by atoms with Crippen LogP contribution in [0.3, 0.4) is 0 Å². The molecule has 5 nitrogen and oxygen atoms in total. The van der Waals surface area contributed by atoms with Gasteiger partial charge in [-0.15, -0.1) is 0 Å². The van der Waals surface area contributed by atoms with Crippen LogP contribution in [-0.2, 0) is 18.4 Å². The largest absolute Gasteiger partial charge is 0.469 e. The first-order chi connectivity index (χ1) is 10.7. The van der Waals surface area contributed by atoms with Crippen molar-refractivity contribution in [2.75, 3.05) is 33.4 Å². The minimum absolute atomic E-state index is 0.124. The van der Waals surface area contributed by atoms with Crippen molar-refractivity contribution in [2.45, 2.75) is 65.3 Å². The summed E-state index contributed by atoms with van der Waals surface area (Å²) >= 11 is 0. The van der Waals surface area contributed by atoms with Crippen molar-refractivity contribution in [2.24, 2.45) is 0 Å². The monoisotopic (exact) mass is 363 g/mol. The zero-order valence-electron chi connectivity index (χ0n) is 16.2. The van der Waals surface area contributed by atoms with Crippen LogP contribution in [0.25, 0.3) is 0 Å². The summed E-state index contributed by atoms with van der Waals surface area (Å²) in [6.07, 6.45) is 2.71. The SMILES string of the molecule is CCO[Si](C)(CCCCN(CCC(=O)OC)[Si](C)(C)C)OCC. The molecule has 0 atom stereocenters. The van der Waals surface area contributed by atoms with Crippen LogP contribution < -0.4 is 0 Å². The van der Waals surface area contributed by atoms with Gasteiger partial charge in [0, 0.05) is 19.8 Å². The highest BCUT2D eigenvalue weighted by molar-refractivity contribution is 6.73. The maximum Gasteiger partial charge on any atom is 0.334 e. The normalized spacial score (nSPS) is 12.7. The van der Waals surface area contributed by atoms with Crippen LogP contribution in [0.2, 0.25) is 32.2 Å². The molecular formula is C16H37NO4Si2. The van der Waals surface area contributed by atoms with E-state index < -0.39 is 16.8 Å². The van der Waals surface area contributed by atoms with Crippen LogP contribution in [-0.4, -0.2) is 60.7 Å². The molecule has 0 N–H and O–H groups in total. The van der Waals surface area contributed by atoms with Crippen LogP contribution >= 0.6 is 0 Å². The van der Waals surface area contributed by atoms with E-state index in [1.54, 1.807) is 0 Å². The molecule has 0 aromatic rings. The summed E-state index contributed by atoms with van der Waals surface area (Å²) in [5, 5.41) is 0. The van der Waals surface area contributed by atoms with Gasteiger partial charge in [0.05, 0.1) is 13.5 Å². The third-order valence-corrected chi connectivity index (χ3v) is 9.38. The second-order valence-electron chi connectivity index (χ2n) is 6.94. The van der Waals surface area contributed by atoms with E-state index >= 15 is 0 Å². The minimum Gasteiger partial charge on any atom is -0.469 e. The summed E-state index contributed by atoms with van der Waals surface area (Å²) in [6.45, 7) is 16.5. The maximum absolute atomic E-state index is 11.4. The predicted molar refractivity (Wildman–Crippen MR) is 100 cm³/mol. The Labute approximate surface area is 145 Å². The number of rotatable bonds is 13. The van der Waals surface area contributed by atoms with Crippen molar-refractivity contribution in [1.82, 2.24) is 4.57 Å². The predicted octanol–water partition coefficient (Wildman–Crippen LogP) is 3.61. The fraction of sp³-hybridized carbons (Fsp3) is 0.938. The molecule has 0 spiro atoms. The first-order valence-electron chi connectivity index (χ1n) is 8.78. The van der Waals surface area contributed by atoms with Gasteiger partial charge >= 0.3 is 14.5 Å². The van der Waals surface area contributed by atoms with Crippen LogP contribution in [0.5, 0.6) is 0 Å². The second kappa shape index (κ2) is 11.4. The van der Waals surface area contributed by atoms with Gasteiger partial charge < -0.3 is 18.2 Å². The molecule has 0 aliphatic carbocycles. The van der Waals surface area contributed by atoms with Crippen LogP contribution in [0.4, 0.5) is 0 Å². The second-order valence-corrected chi connectivity index (χ2v) is 15.3. The van der Waals surface area contributed by atoms with Crippen molar-refractivity contribution >= 4 is 22.8 Å². The Morgan fingerprint density at radius 2 is 1.52 bits per heavy atom. The fourth-order valence-electron chi connectivity index (χ4n) is 2.66. The van der Waals surface area contributed by atoms with E-state index in [4.69, 9.17) is 13.6 Å². The lowest BCUT2D eigenvalue weighted by atomic mass is 10.3. The van der Waals surface area contributed by atoms with Crippen molar-refractivity contribution in [3.8, 4) is 0 Å².